The van der Waals surface area contributed by atoms with Gasteiger partial charge in [0, 0.05) is 12.8 Å². The van der Waals surface area contributed by atoms with Crippen molar-refractivity contribution in [3.8, 4) is 0 Å². The van der Waals surface area contributed by atoms with Gasteiger partial charge in [0.25, 0.3) is 6.29 Å². The van der Waals surface area contributed by atoms with Crippen LogP contribution in [0.2, 0.25) is 0 Å². The Morgan fingerprint density at radius 1 is 0.411 bits per heavy atom. The van der Waals surface area contributed by atoms with E-state index in [1.165, 1.54) is 128 Å². The molecule has 0 aliphatic heterocycles. The molecule has 0 radical (unpaired) electrons. The molecule has 0 aromatic carbocycles. The molecule has 2 unspecified atom stereocenters. The van der Waals surface area contributed by atoms with Gasteiger partial charge in [-0.2, -0.15) is 0 Å². The largest absolute Gasteiger partial charge is 0.477 e. The normalized spacial score (nSPS) is 13.4. The lowest BCUT2D eigenvalue weighted by Crippen LogP contribution is -2.40. The van der Waals surface area contributed by atoms with E-state index in [1.807, 2.05) is 21.1 Å². The van der Waals surface area contributed by atoms with Crippen LogP contribution in [-0.2, 0) is 33.3 Å². The zero-order chi connectivity index (χ0) is 53.4. The molecule has 0 saturated heterocycles. The van der Waals surface area contributed by atoms with E-state index < -0.39 is 24.3 Å². The Balaban J connectivity index is 4.04. The number of hydrogen-bond acceptors (Lipinski definition) is 7. The van der Waals surface area contributed by atoms with Crippen LogP contribution in [-0.4, -0.2) is 87.4 Å². The predicted molar refractivity (Wildman–Crippen MR) is 309 cm³/mol. The molecule has 0 amide bonds. The first-order chi connectivity index (χ1) is 35.6. The number of likely N-dealkylation sites (N-methyl/N-ethyl adjacent to an activating group) is 1. The van der Waals surface area contributed by atoms with E-state index in [0.717, 1.165) is 83.5 Å². The summed E-state index contributed by atoms with van der Waals surface area (Å²) in [6, 6.07) is 0. The molecule has 0 aromatic rings. The first-order valence-corrected chi connectivity index (χ1v) is 29.8. The summed E-state index contributed by atoms with van der Waals surface area (Å²) >= 11 is 0. The van der Waals surface area contributed by atoms with E-state index in [2.05, 4.69) is 98.9 Å². The highest BCUT2D eigenvalue weighted by molar-refractivity contribution is 5.71. The van der Waals surface area contributed by atoms with Crippen LogP contribution in [0.4, 0.5) is 0 Å². The van der Waals surface area contributed by atoms with E-state index in [9.17, 15) is 19.5 Å². The highest BCUT2D eigenvalue weighted by Gasteiger charge is 2.25. The van der Waals surface area contributed by atoms with Crippen LogP contribution in [0.3, 0.4) is 0 Å². The number of quaternary nitrogens is 1. The van der Waals surface area contributed by atoms with Crippen LogP contribution in [0.5, 0.6) is 0 Å². The summed E-state index contributed by atoms with van der Waals surface area (Å²) in [4.78, 5) is 37.3. The third-order valence-electron chi connectivity index (χ3n) is 12.6. The Hall–Kier alpha value is -3.53. The molecular weight excluding hydrogens is 911 g/mol. The van der Waals surface area contributed by atoms with Crippen molar-refractivity contribution in [2.45, 2.75) is 257 Å². The number of carbonyl (C=O) groups is 3. The van der Waals surface area contributed by atoms with E-state index in [0.29, 0.717) is 17.4 Å². The zero-order valence-corrected chi connectivity index (χ0v) is 47.8. The van der Waals surface area contributed by atoms with Crippen LogP contribution in [0.15, 0.2) is 85.1 Å². The number of carboxylic acid groups (broad SMARTS) is 1. The van der Waals surface area contributed by atoms with Gasteiger partial charge in [0.1, 0.15) is 13.2 Å². The molecule has 0 fully saturated rings. The average molecular weight is 1020 g/mol. The summed E-state index contributed by atoms with van der Waals surface area (Å²) in [5.41, 5.74) is 0. The van der Waals surface area contributed by atoms with Gasteiger partial charge in [-0.05, 0) is 83.5 Å². The van der Waals surface area contributed by atoms with Gasteiger partial charge in [-0.1, -0.05) is 234 Å². The third-order valence-corrected chi connectivity index (χ3v) is 12.6. The molecule has 0 saturated carbocycles. The van der Waals surface area contributed by atoms with Crippen molar-refractivity contribution in [2.75, 3.05) is 47.5 Å². The van der Waals surface area contributed by atoms with Gasteiger partial charge in [-0.3, -0.25) is 9.59 Å². The summed E-state index contributed by atoms with van der Waals surface area (Å²) in [6.45, 7) is 4.62. The highest BCUT2D eigenvalue weighted by Crippen LogP contribution is 2.17. The summed E-state index contributed by atoms with van der Waals surface area (Å²) in [5, 5.41) is 9.68. The number of nitrogens with zero attached hydrogens (tertiary/aromatic N) is 1. The molecule has 9 heteroatoms. The van der Waals surface area contributed by atoms with E-state index in [-0.39, 0.29) is 38.6 Å². The first kappa shape index (κ1) is 69.5. The van der Waals surface area contributed by atoms with Crippen molar-refractivity contribution >= 4 is 17.9 Å². The minimum absolute atomic E-state index is 0.181. The number of ether oxygens (including phenoxy) is 4. The molecule has 2 atom stereocenters. The van der Waals surface area contributed by atoms with Gasteiger partial charge < -0.3 is 28.5 Å². The molecule has 0 aromatic heterocycles. The minimum Gasteiger partial charge on any atom is -0.477 e. The fraction of sp³-hybridized carbons (Fsp3) is 0.734. The predicted octanol–water partition coefficient (Wildman–Crippen LogP) is 17.6. The fourth-order valence-corrected chi connectivity index (χ4v) is 8.14. The Morgan fingerprint density at radius 2 is 0.740 bits per heavy atom. The summed E-state index contributed by atoms with van der Waals surface area (Å²) < 4.78 is 22.8. The van der Waals surface area contributed by atoms with Crippen LogP contribution >= 0.6 is 0 Å². The fourth-order valence-electron chi connectivity index (χ4n) is 8.14. The van der Waals surface area contributed by atoms with Crippen LogP contribution < -0.4 is 0 Å². The van der Waals surface area contributed by atoms with Gasteiger partial charge in [-0.25, -0.2) is 4.79 Å². The third kappa shape index (κ3) is 56.0. The molecule has 420 valence electrons. The summed E-state index contributed by atoms with van der Waals surface area (Å²) in [7, 11) is 5.96. The van der Waals surface area contributed by atoms with Gasteiger partial charge >= 0.3 is 17.9 Å². The van der Waals surface area contributed by atoms with E-state index in [4.69, 9.17) is 18.9 Å². The first-order valence-electron chi connectivity index (χ1n) is 29.8. The highest BCUT2D eigenvalue weighted by atomic mass is 16.7. The molecule has 0 bridgehead atoms. The Labute approximate surface area is 449 Å². The minimum atomic E-state index is -1.52. The van der Waals surface area contributed by atoms with Crippen molar-refractivity contribution in [1.29, 1.82) is 0 Å². The lowest BCUT2D eigenvalue weighted by atomic mass is 10.0. The topological polar surface area (TPSA) is 108 Å². The zero-order valence-electron chi connectivity index (χ0n) is 47.8. The Morgan fingerprint density at radius 3 is 1.11 bits per heavy atom. The number of rotatable bonds is 54. The molecule has 0 rings (SSSR count). The maximum atomic E-state index is 12.9. The van der Waals surface area contributed by atoms with E-state index in [1.54, 1.807) is 0 Å². The quantitative estimate of drug-likeness (QED) is 0.0211. The van der Waals surface area contributed by atoms with Gasteiger partial charge in [-0.15, -0.1) is 0 Å². The number of aliphatic carboxylic acids is 1. The molecule has 0 heterocycles. The number of carboxylic acids is 1. The van der Waals surface area contributed by atoms with Crippen LogP contribution in [0.1, 0.15) is 245 Å². The lowest BCUT2D eigenvalue weighted by molar-refractivity contribution is -0.870. The monoisotopic (exact) mass is 1020 g/mol. The van der Waals surface area contributed by atoms with Gasteiger partial charge in [0.15, 0.2) is 6.10 Å². The van der Waals surface area contributed by atoms with Gasteiger partial charge in [0.05, 0.1) is 34.4 Å². The molecule has 73 heavy (non-hydrogen) atoms. The molecule has 9 nitrogen and oxygen atoms in total. The number of carbonyl (C=O) groups excluding carboxylic acids is 2. The molecule has 0 spiro atoms. The number of hydrogen-bond donors (Lipinski definition) is 1. The number of allylic oxidation sites excluding steroid dienone is 14. The maximum absolute atomic E-state index is 12.9. The molecule has 1 N–H and O–H groups in total. The Bertz CT molecular complexity index is 1470. The number of unbranched alkanes of at least 4 members (excludes halogenated alkanes) is 25. The summed E-state index contributed by atoms with van der Waals surface area (Å²) in [5.74, 6) is -2.04. The SMILES string of the molecule is CC/C=C\C/C=C\C/C=C\C/C=C\CCCCCCCCCCCCCCCCCCCCCCCCC(=O)OC(COC(=O)CCCCC/C=C\C/C=C\C/C=C\CC)COC(OCC[N+](C)(C)C)C(=O)O. The average Bonchev–Trinajstić information content (AvgIpc) is 3.36. The smallest absolute Gasteiger partial charge is 0.361 e. The second-order valence-corrected chi connectivity index (χ2v) is 20.9. The standard InChI is InChI=1S/C64H111NO8/c1-6-8-10-12-14-16-18-20-21-22-23-24-25-26-27-28-29-30-31-32-33-34-35-36-37-38-39-40-41-43-45-47-49-51-53-55-62(67)73-60(59-72-64(63(68)69)70-57-56-65(3,4)5)58-71-61(66)54-52-50-48-46-44-42-19-17-15-13-11-9-7-2/h8-11,14-17,20-21,23-24,42,44,60,64H,6-7,12-13,18-19,22,25-41,43,45-59H2,1-5H3/p+1/b10-8-,11-9-,16-14-,17-15-,21-20-,24-23-,44-42-. The molecular formula is C64H112NO8+. The van der Waals surface area contributed by atoms with Crippen molar-refractivity contribution < 1.29 is 42.9 Å². The Kier molecular flexibility index (Phi) is 52.1. The van der Waals surface area contributed by atoms with Crippen molar-refractivity contribution in [3.05, 3.63) is 85.1 Å². The molecule has 0 aliphatic rings. The number of esters is 2. The van der Waals surface area contributed by atoms with Crippen molar-refractivity contribution in [2.24, 2.45) is 0 Å². The van der Waals surface area contributed by atoms with Crippen molar-refractivity contribution in [1.82, 2.24) is 0 Å². The summed E-state index contributed by atoms with van der Waals surface area (Å²) in [6.07, 6.45) is 69.8. The van der Waals surface area contributed by atoms with Gasteiger partial charge in [0.2, 0.25) is 0 Å². The maximum Gasteiger partial charge on any atom is 0.361 e. The molecule has 0 aliphatic carbocycles. The van der Waals surface area contributed by atoms with Crippen molar-refractivity contribution in [3.63, 3.8) is 0 Å². The second kappa shape index (κ2) is 54.7. The van der Waals surface area contributed by atoms with E-state index >= 15 is 0 Å². The van der Waals surface area contributed by atoms with Crippen LogP contribution in [0, 0.1) is 0 Å². The second-order valence-electron chi connectivity index (χ2n) is 20.9. The van der Waals surface area contributed by atoms with Crippen LogP contribution in [0.25, 0.3) is 0 Å². The lowest BCUT2D eigenvalue weighted by Gasteiger charge is -2.25.